The van der Waals surface area contributed by atoms with E-state index in [1.54, 1.807) is 24.3 Å². The van der Waals surface area contributed by atoms with Gasteiger partial charge in [-0.1, -0.05) is 39.7 Å². The van der Waals surface area contributed by atoms with E-state index in [0.29, 0.717) is 18.1 Å². The fourth-order valence-corrected chi connectivity index (χ4v) is 4.24. The summed E-state index contributed by atoms with van der Waals surface area (Å²) in [6, 6.07) is 15.3. The summed E-state index contributed by atoms with van der Waals surface area (Å²) in [4.78, 5) is 15.8. The first-order chi connectivity index (χ1) is 14.9. The molecule has 0 radical (unpaired) electrons. The number of rotatable bonds is 6. The van der Waals surface area contributed by atoms with Gasteiger partial charge in [0.05, 0.1) is 10.7 Å². The van der Waals surface area contributed by atoms with Crippen LogP contribution in [-0.2, 0) is 6.61 Å². The normalized spacial score (nSPS) is 13.1. The van der Waals surface area contributed by atoms with Crippen molar-refractivity contribution in [3.05, 3.63) is 92.4 Å². The predicted octanol–water partition coefficient (Wildman–Crippen LogP) is 6.36. The van der Waals surface area contributed by atoms with Crippen LogP contribution in [0, 0.1) is 5.82 Å². The number of allylic oxidation sites excluding steroid dienone is 2. The summed E-state index contributed by atoms with van der Waals surface area (Å²) in [5.74, 6) is -0.739. The fraction of sp³-hybridized carbons (Fsp3) is 0.167. The fourth-order valence-electron chi connectivity index (χ4n) is 3.69. The molecule has 1 aromatic heterocycles. The van der Waals surface area contributed by atoms with Gasteiger partial charge in [0.15, 0.2) is 5.69 Å². The Labute approximate surface area is 220 Å². The van der Waals surface area contributed by atoms with Crippen molar-refractivity contribution in [2.75, 3.05) is 0 Å². The second kappa shape index (κ2) is 10.9. The Kier molecular flexibility index (Phi) is 8.53. The molecule has 8 heteroatoms. The molecule has 1 N–H and O–H groups in total. The Morgan fingerprint density at radius 3 is 2.53 bits per heavy atom. The van der Waals surface area contributed by atoms with Gasteiger partial charge in [-0.05, 0) is 78.4 Å². The van der Waals surface area contributed by atoms with Crippen LogP contribution in [0.5, 0.6) is 5.75 Å². The zero-order chi connectivity index (χ0) is 22.0. The average Bonchev–Trinajstić information content (AvgIpc) is 3.24. The molecule has 160 valence electrons. The van der Waals surface area contributed by atoms with Crippen LogP contribution in [-0.4, -0.2) is 45.6 Å². The number of aromatic carboxylic acids is 1. The van der Waals surface area contributed by atoms with Crippen molar-refractivity contribution in [2.24, 2.45) is 0 Å². The van der Waals surface area contributed by atoms with E-state index in [-0.39, 0.29) is 46.1 Å². The van der Waals surface area contributed by atoms with Crippen LogP contribution in [0.4, 0.5) is 4.39 Å². The molecule has 32 heavy (non-hydrogen) atoms. The number of hydrogen-bond donors (Lipinski definition) is 1. The van der Waals surface area contributed by atoms with Gasteiger partial charge in [-0.25, -0.2) is 14.2 Å². The Morgan fingerprint density at radius 2 is 1.81 bits per heavy atom. The Hall–Kier alpha value is -1.70. The van der Waals surface area contributed by atoms with Gasteiger partial charge in [-0.2, -0.15) is 0 Å². The number of nitrogens with zero attached hydrogens (tertiary/aromatic N) is 1. The maximum atomic E-state index is 13.2. The Balaban J connectivity index is 0.00000289. The van der Waals surface area contributed by atoms with Gasteiger partial charge in [0.25, 0.3) is 0 Å². The number of carbonyl (C=O) groups is 1. The summed E-state index contributed by atoms with van der Waals surface area (Å²) < 4.78 is 20.2. The van der Waals surface area contributed by atoms with Gasteiger partial charge in [-0.15, -0.1) is 0 Å². The summed E-state index contributed by atoms with van der Waals surface area (Å²) in [6.45, 7) is 0.305. The van der Waals surface area contributed by atoms with Crippen LogP contribution in [0.2, 0.25) is 5.02 Å². The predicted molar refractivity (Wildman–Crippen MR) is 129 cm³/mol. The van der Waals surface area contributed by atoms with Gasteiger partial charge >= 0.3 is 35.5 Å². The van der Waals surface area contributed by atoms with Crippen molar-refractivity contribution in [1.82, 2.24) is 4.98 Å². The third-order valence-electron chi connectivity index (χ3n) is 5.15. The number of pyridine rings is 1. The number of aromatic nitrogens is 1. The molecule has 1 aliphatic carbocycles. The number of carboxylic acid groups (broad SMARTS) is 1. The van der Waals surface area contributed by atoms with Gasteiger partial charge in [0.1, 0.15) is 18.2 Å². The first-order valence-corrected chi connectivity index (χ1v) is 10.9. The summed E-state index contributed by atoms with van der Waals surface area (Å²) in [6.07, 6.45) is 2.54. The first kappa shape index (κ1) is 24.9. The number of benzene rings is 2. The molecule has 3 aromatic rings. The van der Waals surface area contributed by atoms with Crippen LogP contribution < -0.4 is 4.74 Å². The van der Waals surface area contributed by atoms with E-state index in [9.17, 15) is 14.3 Å². The second-order valence-corrected chi connectivity index (χ2v) is 8.52. The molecule has 0 saturated carbocycles. The average molecular weight is 527 g/mol. The van der Waals surface area contributed by atoms with Crippen molar-refractivity contribution in [1.29, 1.82) is 0 Å². The summed E-state index contributed by atoms with van der Waals surface area (Å²) >= 11 is 9.53. The summed E-state index contributed by atoms with van der Waals surface area (Å²) in [7, 11) is 0. The molecule has 1 aliphatic rings. The van der Waals surface area contributed by atoms with E-state index in [4.69, 9.17) is 16.3 Å². The van der Waals surface area contributed by atoms with Crippen molar-refractivity contribution in [3.63, 3.8) is 0 Å². The van der Waals surface area contributed by atoms with Gasteiger partial charge in [-0.3, -0.25) is 0 Å². The molecule has 0 fully saturated rings. The van der Waals surface area contributed by atoms with Crippen molar-refractivity contribution >= 4 is 74.2 Å². The molecule has 0 saturated heterocycles. The van der Waals surface area contributed by atoms with Gasteiger partial charge < -0.3 is 9.84 Å². The molecule has 1 heterocycles. The SMILES string of the molecule is O=C(O)c1nc(C2=C(c3cc(Br)ccc3OCc3ccc(F)cc3)CCC2)ccc1Cl.[NaH]. The molecule has 0 amide bonds. The van der Waals surface area contributed by atoms with Crippen LogP contribution in [0.1, 0.15) is 46.6 Å². The molecule has 0 aliphatic heterocycles. The topological polar surface area (TPSA) is 59.4 Å². The van der Waals surface area contributed by atoms with Gasteiger partial charge in [0, 0.05) is 10.0 Å². The van der Waals surface area contributed by atoms with Crippen molar-refractivity contribution < 1.29 is 19.0 Å². The molecule has 4 rings (SSSR count). The Bertz CT molecular complexity index is 1180. The second-order valence-electron chi connectivity index (χ2n) is 7.20. The van der Waals surface area contributed by atoms with E-state index >= 15 is 0 Å². The molecule has 0 unspecified atom stereocenters. The van der Waals surface area contributed by atoms with E-state index in [1.165, 1.54) is 12.1 Å². The minimum atomic E-state index is -1.15. The number of hydrogen-bond acceptors (Lipinski definition) is 3. The Morgan fingerprint density at radius 1 is 1.09 bits per heavy atom. The molecular formula is C24H19BrClFNNaO3. The molecule has 0 bridgehead atoms. The van der Waals surface area contributed by atoms with Crippen LogP contribution in [0.25, 0.3) is 11.1 Å². The molecular weight excluding hydrogens is 508 g/mol. The van der Waals surface area contributed by atoms with E-state index in [0.717, 1.165) is 46.0 Å². The number of carboxylic acids is 1. The maximum absolute atomic E-state index is 13.2. The number of ether oxygens (including phenoxy) is 1. The summed E-state index contributed by atoms with van der Waals surface area (Å²) in [5.41, 5.74) is 4.31. The third kappa shape index (κ3) is 5.61. The van der Waals surface area contributed by atoms with E-state index in [2.05, 4.69) is 20.9 Å². The van der Waals surface area contributed by atoms with Crippen LogP contribution in [0.3, 0.4) is 0 Å². The summed E-state index contributed by atoms with van der Waals surface area (Å²) in [5, 5.41) is 9.49. The minimum absolute atomic E-state index is 0. The standard InChI is InChI=1S/C24H18BrClFNO3.Na.H/c25-15-6-11-22(31-13-14-4-7-16(27)8-5-14)19(12-15)17-2-1-3-18(17)21-10-9-20(26)23(28-21)24(29)30;;/h4-12H,1-3,13H2,(H,29,30);;. The van der Waals surface area contributed by atoms with Crippen LogP contribution in [0.15, 0.2) is 59.1 Å². The molecule has 2 aromatic carbocycles. The quantitative estimate of drug-likeness (QED) is 0.380. The molecule has 0 atom stereocenters. The first-order valence-electron chi connectivity index (χ1n) is 9.72. The van der Waals surface area contributed by atoms with E-state index in [1.807, 2.05) is 18.2 Å². The van der Waals surface area contributed by atoms with E-state index < -0.39 is 5.97 Å². The molecule has 0 spiro atoms. The zero-order valence-corrected chi connectivity index (χ0v) is 18.7. The van der Waals surface area contributed by atoms with Gasteiger partial charge in [0.2, 0.25) is 0 Å². The molecule has 4 nitrogen and oxygen atoms in total. The zero-order valence-electron chi connectivity index (χ0n) is 16.4. The van der Waals surface area contributed by atoms with Crippen LogP contribution >= 0.6 is 27.5 Å². The van der Waals surface area contributed by atoms with Crippen molar-refractivity contribution in [3.8, 4) is 5.75 Å². The number of halogens is 3. The monoisotopic (exact) mass is 525 g/mol. The third-order valence-corrected chi connectivity index (χ3v) is 5.95. The van der Waals surface area contributed by atoms with Crippen molar-refractivity contribution in [2.45, 2.75) is 25.9 Å².